The largest absolute Gasteiger partial charge is 0.493 e. The predicted octanol–water partition coefficient (Wildman–Crippen LogP) is 1.06. The van der Waals surface area contributed by atoms with Gasteiger partial charge in [0, 0.05) is 30.8 Å². The summed E-state index contributed by atoms with van der Waals surface area (Å²) in [6.07, 6.45) is 2.29. The van der Waals surface area contributed by atoms with Gasteiger partial charge in [0.2, 0.25) is 5.91 Å². The molecule has 1 aliphatic rings. The number of benzene rings is 1. The van der Waals surface area contributed by atoms with Crippen LogP contribution in [-0.4, -0.2) is 38.1 Å². The maximum atomic E-state index is 11.7. The van der Waals surface area contributed by atoms with Crippen molar-refractivity contribution in [2.75, 3.05) is 25.6 Å². The van der Waals surface area contributed by atoms with Crippen molar-refractivity contribution >= 4 is 29.9 Å². The summed E-state index contributed by atoms with van der Waals surface area (Å²) in [5.41, 5.74) is 5.90. The zero-order valence-electron chi connectivity index (χ0n) is 13.0. The fourth-order valence-electron chi connectivity index (χ4n) is 1.86. The highest BCUT2D eigenvalue weighted by Gasteiger charge is 2.23. The summed E-state index contributed by atoms with van der Waals surface area (Å²) in [6, 6.07) is 5.29. The summed E-state index contributed by atoms with van der Waals surface area (Å²) in [7, 11) is 1.51. The minimum Gasteiger partial charge on any atom is -0.493 e. The SMILES string of the molecule is COc1ccc(NC(=O)CCN)cc1OCC(=O)NC1CC1.Cl. The number of nitrogens with one attached hydrogen (secondary N) is 2. The average Bonchev–Trinajstić information content (AvgIpc) is 3.29. The molecule has 1 saturated carbocycles. The Kier molecular flexibility index (Phi) is 7.64. The van der Waals surface area contributed by atoms with E-state index in [0.29, 0.717) is 23.2 Å². The van der Waals surface area contributed by atoms with Crippen molar-refractivity contribution in [1.82, 2.24) is 5.32 Å². The lowest BCUT2D eigenvalue weighted by Gasteiger charge is -2.13. The zero-order valence-corrected chi connectivity index (χ0v) is 13.8. The highest BCUT2D eigenvalue weighted by molar-refractivity contribution is 5.91. The minimum absolute atomic E-state index is 0. The number of amides is 2. The van der Waals surface area contributed by atoms with Crippen LogP contribution in [0.2, 0.25) is 0 Å². The molecule has 7 nitrogen and oxygen atoms in total. The smallest absolute Gasteiger partial charge is 0.258 e. The number of carbonyl (C=O) groups is 2. The van der Waals surface area contributed by atoms with E-state index in [0.717, 1.165) is 12.8 Å². The summed E-state index contributed by atoms with van der Waals surface area (Å²) in [6.45, 7) is 0.194. The molecule has 0 unspecified atom stereocenters. The summed E-state index contributed by atoms with van der Waals surface area (Å²) in [5, 5.41) is 5.55. The van der Waals surface area contributed by atoms with E-state index in [-0.39, 0.29) is 43.8 Å². The van der Waals surface area contributed by atoms with Crippen LogP contribution >= 0.6 is 12.4 Å². The molecule has 0 aliphatic heterocycles. The molecule has 4 N–H and O–H groups in total. The third-order valence-corrected chi connectivity index (χ3v) is 3.12. The number of hydrogen-bond acceptors (Lipinski definition) is 5. The van der Waals surface area contributed by atoms with Gasteiger partial charge in [-0.1, -0.05) is 0 Å². The summed E-state index contributed by atoms with van der Waals surface area (Å²) in [5.74, 6) is 0.558. The number of ether oxygens (including phenoxy) is 2. The summed E-state index contributed by atoms with van der Waals surface area (Å²) >= 11 is 0. The van der Waals surface area contributed by atoms with Gasteiger partial charge in [-0.15, -0.1) is 12.4 Å². The molecule has 2 rings (SSSR count). The number of nitrogens with two attached hydrogens (primary N) is 1. The van der Waals surface area contributed by atoms with Crippen molar-refractivity contribution in [3.8, 4) is 11.5 Å². The number of hydrogen-bond donors (Lipinski definition) is 3. The number of carbonyl (C=O) groups excluding carboxylic acids is 2. The predicted molar refractivity (Wildman–Crippen MR) is 89.2 cm³/mol. The molecule has 128 valence electrons. The Hall–Kier alpha value is -1.99. The molecule has 0 spiro atoms. The van der Waals surface area contributed by atoms with Crippen LogP contribution in [0, 0.1) is 0 Å². The van der Waals surface area contributed by atoms with Gasteiger partial charge in [-0.05, 0) is 25.0 Å². The lowest BCUT2D eigenvalue weighted by molar-refractivity contribution is -0.123. The van der Waals surface area contributed by atoms with Gasteiger partial charge in [0.25, 0.3) is 5.91 Å². The molecule has 0 radical (unpaired) electrons. The fraction of sp³-hybridized carbons (Fsp3) is 0.467. The Bertz CT molecular complexity index is 550. The number of rotatable bonds is 8. The Balaban J connectivity index is 0.00000264. The lowest BCUT2D eigenvalue weighted by atomic mass is 10.2. The number of halogens is 1. The van der Waals surface area contributed by atoms with Crippen LogP contribution in [0.5, 0.6) is 11.5 Å². The molecule has 1 aromatic rings. The molecule has 1 aliphatic carbocycles. The van der Waals surface area contributed by atoms with Crippen LogP contribution in [0.15, 0.2) is 18.2 Å². The summed E-state index contributed by atoms with van der Waals surface area (Å²) < 4.78 is 10.7. The highest BCUT2D eigenvalue weighted by Crippen LogP contribution is 2.30. The van der Waals surface area contributed by atoms with E-state index in [4.69, 9.17) is 15.2 Å². The van der Waals surface area contributed by atoms with Gasteiger partial charge in [0.15, 0.2) is 18.1 Å². The molecule has 1 fully saturated rings. The van der Waals surface area contributed by atoms with Gasteiger partial charge in [-0.25, -0.2) is 0 Å². The minimum atomic E-state index is -0.176. The lowest BCUT2D eigenvalue weighted by Crippen LogP contribution is -2.30. The Morgan fingerprint density at radius 1 is 1.26 bits per heavy atom. The highest BCUT2D eigenvalue weighted by atomic mass is 35.5. The Morgan fingerprint density at radius 2 is 2.00 bits per heavy atom. The normalized spacial score (nSPS) is 12.8. The van der Waals surface area contributed by atoms with Gasteiger partial charge in [0.1, 0.15) is 0 Å². The molecule has 0 saturated heterocycles. The van der Waals surface area contributed by atoms with E-state index in [1.807, 2.05) is 0 Å². The van der Waals surface area contributed by atoms with E-state index in [1.54, 1.807) is 18.2 Å². The zero-order chi connectivity index (χ0) is 15.9. The summed E-state index contributed by atoms with van der Waals surface area (Å²) in [4.78, 5) is 23.2. The molecule has 1 aromatic carbocycles. The van der Waals surface area contributed by atoms with E-state index in [1.165, 1.54) is 7.11 Å². The van der Waals surface area contributed by atoms with Crippen LogP contribution < -0.4 is 25.8 Å². The van der Waals surface area contributed by atoms with Gasteiger partial charge in [0.05, 0.1) is 7.11 Å². The first-order chi connectivity index (χ1) is 10.6. The van der Waals surface area contributed by atoms with E-state index in [9.17, 15) is 9.59 Å². The first-order valence-corrected chi connectivity index (χ1v) is 7.22. The van der Waals surface area contributed by atoms with E-state index < -0.39 is 0 Å². The van der Waals surface area contributed by atoms with Crippen LogP contribution in [0.3, 0.4) is 0 Å². The molecule has 23 heavy (non-hydrogen) atoms. The average molecular weight is 344 g/mol. The molecule has 0 bridgehead atoms. The van der Waals surface area contributed by atoms with Gasteiger partial charge in [-0.2, -0.15) is 0 Å². The quantitative estimate of drug-likeness (QED) is 0.655. The second-order valence-corrected chi connectivity index (χ2v) is 5.08. The molecule has 8 heteroatoms. The Labute approximate surface area is 141 Å². The van der Waals surface area contributed by atoms with Crippen molar-refractivity contribution in [1.29, 1.82) is 0 Å². The number of methoxy groups -OCH3 is 1. The topological polar surface area (TPSA) is 103 Å². The first-order valence-electron chi connectivity index (χ1n) is 7.22. The van der Waals surface area contributed by atoms with Crippen molar-refractivity contribution < 1.29 is 19.1 Å². The van der Waals surface area contributed by atoms with Crippen LogP contribution in [0.25, 0.3) is 0 Å². The second-order valence-electron chi connectivity index (χ2n) is 5.08. The van der Waals surface area contributed by atoms with Crippen LogP contribution in [0.1, 0.15) is 19.3 Å². The third kappa shape index (κ3) is 6.33. The van der Waals surface area contributed by atoms with Crippen LogP contribution in [-0.2, 0) is 9.59 Å². The van der Waals surface area contributed by atoms with Crippen molar-refractivity contribution in [2.45, 2.75) is 25.3 Å². The molecular weight excluding hydrogens is 322 g/mol. The molecular formula is C15H22ClN3O4. The third-order valence-electron chi connectivity index (χ3n) is 3.12. The fourth-order valence-corrected chi connectivity index (χ4v) is 1.86. The molecule has 0 aromatic heterocycles. The molecule has 2 amide bonds. The number of anilines is 1. The monoisotopic (exact) mass is 343 g/mol. The van der Waals surface area contributed by atoms with E-state index in [2.05, 4.69) is 10.6 Å². The van der Waals surface area contributed by atoms with E-state index >= 15 is 0 Å². The second kappa shape index (κ2) is 9.22. The maximum Gasteiger partial charge on any atom is 0.258 e. The van der Waals surface area contributed by atoms with Crippen molar-refractivity contribution in [2.24, 2.45) is 5.73 Å². The first kappa shape index (κ1) is 19.1. The Morgan fingerprint density at radius 3 is 2.61 bits per heavy atom. The van der Waals surface area contributed by atoms with Crippen molar-refractivity contribution in [3.63, 3.8) is 0 Å². The molecule has 0 atom stereocenters. The standard InChI is InChI=1S/C15H21N3O4.ClH/c1-21-12-5-4-11(18-14(19)6-7-16)8-13(12)22-9-15(20)17-10-2-3-10;/h4-5,8,10H,2-3,6-7,9,16H2,1H3,(H,17,20)(H,18,19);1H. The molecule has 0 heterocycles. The maximum absolute atomic E-state index is 11.7. The van der Waals surface area contributed by atoms with Crippen LogP contribution in [0.4, 0.5) is 5.69 Å². The van der Waals surface area contributed by atoms with Crippen molar-refractivity contribution in [3.05, 3.63) is 18.2 Å². The van der Waals surface area contributed by atoms with Gasteiger partial charge >= 0.3 is 0 Å². The van der Waals surface area contributed by atoms with Gasteiger partial charge in [-0.3, -0.25) is 9.59 Å². The van der Waals surface area contributed by atoms with Gasteiger partial charge < -0.3 is 25.8 Å².